The van der Waals surface area contributed by atoms with Gasteiger partial charge in [0.25, 0.3) is 5.82 Å². The quantitative estimate of drug-likeness (QED) is 0.807. The largest absolute Gasteiger partial charge is 0.453 e. The van der Waals surface area contributed by atoms with Gasteiger partial charge in [0.05, 0.1) is 0 Å². The summed E-state index contributed by atoms with van der Waals surface area (Å²) in [6, 6.07) is 3.28. The van der Waals surface area contributed by atoms with E-state index in [9.17, 15) is 13.2 Å². The zero-order valence-electron chi connectivity index (χ0n) is 12.7. The first-order chi connectivity index (χ1) is 11.0. The van der Waals surface area contributed by atoms with Crippen LogP contribution >= 0.6 is 0 Å². The number of halogens is 3. The highest BCUT2D eigenvalue weighted by Gasteiger charge is 2.39. The number of piperidine rings is 1. The fourth-order valence-electron chi connectivity index (χ4n) is 3.96. The van der Waals surface area contributed by atoms with E-state index < -0.39 is 12.0 Å². The van der Waals surface area contributed by atoms with Crippen molar-refractivity contribution in [3.63, 3.8) is 0 Å². The number of aromatic nitrogens is 4. The Labute approximate surface area is 131 Å². The average molecular weight is 325 g/mol. The monoisotopic (exact) mass is 325 g/mol. The highest BCUT2D eigenvalue weighted by Crippen LogP contribution is 2.46. The van der Waals surface area contributed by atoms with Crippen molar-refractivity contribution in [2.24, 2.45) is 5.41 Å². The van der Waals surface area contributed by atoms with Crippen LogP contribution in [0.1, 0.15) is 44.3 Å². The summed E-state index contributed by atoms with van der Waals surface area (Å²) in [6.45, 7) is 1.70. The van der Waals surface area contributed by atoms with E-state index in [4.69, 9.17) is 0 Å². The van der Waals surface area contributed by atoms with Crippen LogP contribution < -0.4 is 4.90 Å². The van der Waals surface area contributed by atoms with E-state index in [1.807, 2.05) is 0 Å². The molecule has 0 bridgehead atoms. The summed E-state index contributed by atoms with van der Waals surface area (Å²) < 4.78 is 39.6. The van der Waals surface area contributed by atoms with E-state index in [-0.39, 0.29) is 5.65 Å². The van der Waals surface area contributed by atoms with Crippen molar-refractivity contribution in [3.05, 3.63) is 18.0 Å². The van der Waals surface area contributed by atoms with Crippen LogP contribution in [-0.4, -0.2) is 32.9 Å². The molecule has 2 aromatic rings. The van der Waals surface area contributed by atoms with E-state index in [1.54, 1.807) is 12.1 Å². The average Bonchev–Trinajstić information content (AvgIpc) is 3.14. The van der Waals surface area contributed by atoms with Crippen molar-refractivity contribution in [3.8, 4) is 0 Å². The highest BCUT2D eigenvalue weighted by atomic mass is 19.4. The number of alkyl halides is 3. The van der Waals surface area contributed by atoms with E-state index in [0.29, 0.717) is 11.2 Å². The normalized spacial score (nSPS) is 21.4. The van der Waals surface area contributed by atoms with Crippen LogP contribution in [0, 0.1) is 5.41 Å². The van der Waals surface area contributed by atoms with Gasteiger partial charge < -0.3 is 4.90 Å². The Bertz CT molecular complexity index is 707. The van der Waals surface area contributed by atoms with Gasteiger partial charge in [0.2, 0.25) is 0 Å². The molecule has 1 aliphatic carbocycles. The lowest BCUT2D eigenvalue weighted by Crippen LogP contribution is -2.39. The van der Waals surface area contributed by atoms with E-state index >= 15 is 0 Å². The lowest BCUT2D eigenvalue weighted by atomic mass is 9.77. The lowest BCUT2D eigenvalue weighted by molar-refractivity contribution is -0.146. The summed E-state index contributed by atoms with van der Waals surface area (Å²) in [5.41, 5.74) is 0.583. The predicted molar refractivity (Wildman–Crippen MR) is 78.1 cm³/mol. The first-order valence-corrected chi connectivity index (χ1v) is 8.02. The van der Waals surface area contributed by atoms with Gasteiger partial charge in [-0.2, -0.15) is 17.7 Å². The molecule has 0 amide bonds. The lowest BCUT2D eigenvalue weighted by Gasteiger charge is -2.39. The molecule has 0 unspecified atom stereocenters. The van der Waals surface area contributed by atoms with Crippen molar-refractivity contribution in [1.29, 1.82) is 0 Å². The summed E-state index contributed by atoms with van der Waals surface area (Å²) >= 11 is 0. The second kappa shape index (κ2) is 5.07. The molecule has 8 heteroatoms. The standard InChI is InChI=1S/C15H18F3N5/c16-15(17,18)13-20-19-11-3-4-12(21-23(11)13)22-9-7-14(8-10-22)5-1-2-6-14/h3-4H,1-2,5-10H2. The van der Waals surface area contributed by atoms with Crippen molar-refractivity contribution in [2.45, 2.75) is 44.7 Å². The fourth-order valence-corrected chi connectivity index (χ4v) is 3.96. The van der Waals surface area contributed by atoms with Gasteiger partial charge >= 0.3 is 6.18 Å². The van der Waals surface area contributed by atoms with Gasteiger partial charge in [-0.3, -0.25) is 0 Å². The summed E-state index contributed by atoms with van der Waals surface area (Å²) in [5, 5.41) is 10.9. The van der Waals surface area contributed by atoms with Gasteiger partial charge in [-0.15, -0.1) is 15.3 Å². The van der Waals surface area contributed by atoms with Crippen molar-refractivity contribution < 1.29 is 13.2 Å². The molecule has 3 heterocycles. The van der Waals surface area contributed by atoms with Crippen LogP contribution in [0.3, 0.4) is 0 Å². The third-order valence-corrected chi connectivity index (χ3v) is 5.31. The van der Waals surface area contributed by atoms with Gasteiger partial charge in [0.1, 0.15) is 5.82 Å². The summed E-state index contributed by atoms with van der Waals surface area (Å²) in [5.74, 6) is -0.505. The molecule has 0 N–H and O–H groups in total. The Morgan fingerprint density at radius 3 is 2.30 bits per heavy atom. The van der Waals surface area contributed by atoms with Gasteiger partial charge in [-0.05, 0) is 43.2 Å². The second-order valence-electron chi connectivity index (χ2n) is 6.68. The van der Waals surface area contributed by atoms with E-state index in [2.05, 4.69) is 20.2 Å². The Balaban J connectivity index is 1.60. The van der Waals surface area contributed by atoms with Crippen molar-refractivity contribution >= 4 is 11.5 Å². The van der Waals surface area contributed by atoms with E-state index in [0.717, 1.165) is 30.4 Å². The van der Waals surface area contributed by atoms with Gasteiger partial charge in [0.15, 0.2) is 5.65 Å². The topological polar surface area (TPSA) is 46.3 Å². The maximum Gasteiger partial charge on any atom is 0.453 e. The molecule has 2 aromatic heterocycles. The van der Waals surface area contributed by atoms with Crippen LogP contribution in [0.4, 0.5) is 19.0 Å². The molecule has 1 aliphatic heterocycles. The molecule has 1 saturated heterocycles. The van der Waals surface area contributed by atoms with Gasteiger partial charge in [0, 0.05) is 13.1 Å². The molecule has 2 aliphatic rings. The number of hydrogen-bond acceptors (Lipinski definition) is 4. The zero-order chi connectivity index (χ0) is 16.1. The van der Waals surface area contributed by atoms with Gasteiger partial charge in [-0.1, -0.05) is 12.8 Å². The van der Waals surface area contributed by atoms with Crippen LogP contribution in [0.15, 0.2) is 12.1 Å². The molecule has 5 nitrogen and oxygen atoms in total. The Morgan fingerprint density at radius 1 is 0.957 bits per heavy atom. The molecular formula is C15H18F3N5. The third kappa shape index (κ3) is 2.53. The summed E-state index contributed by atoms with van der Waals surface area (Å²) in [7, 11) is 0. The molecule has 23 heavy (non-hydrogen) atoms. The minimum absolute atomic E-state index is 0.116. The molecule has 0 atom stereocenters. The molecule has 0 radical (unpaired) electrons. The smallest absolute Gasteiger partial charge is 0.355 e. The third-order valence-electron chi connectivity index (χ3n) is 5.31. The Kier molecular flexibility index (Phi) is 3.24. The van der Waals surface area contributed by atoms with Crippen LogP contribution in [-0.2, 0) is 6.18 Å². The summed E-state index contributed by atoms with van der Waals surface area (Å²) in [6.07, 6.45) is 2.83. The molecule has 124 valence electrons. The molecule has 4 rings (SSSR count). The zero-order valence-corrected chi connectivity index (χ0v) is 12.7. The molecule has 1 spiro atoms. The van der Waals surface area contributed by atoms with Crippen LogP contribution in [0.5, 0.6) is 0 Å². The molecule has 1 saturated carbocycles. The Hall–Kier alpha value is -1.86. The van der Waals surface area contributed by atoms with Crippen molar-refractivity contribution in [2.75, 3.05) is 18.0 Å². The summed E-state index contributed by atoms with van der Waals surface area (Å²) in [4.78, 5) is 2.07. The molecule has 0 aromatic carbocycles. The maximum absolute atomic E-state index is 12.9. The fraction of sp³-hybridized carbons (Fsp3) is 0.667. The SMILES string of the molecule is FC(F)(F)c1nnc2ccc(N3CCC4(CCCC4)CC3)nn12. The number of fused-ring (bicyclic) bond motifs is 1. The first kappa shape index (κ1) is 14.7. The number of rotatable bonds is 1. The minimum atomic E-state index is -4.55. The highest BCUT2D eigenvalue weighted by molar-refractivity contribution is 5.46. The molecule has 2 fully saturated rings. The second-order valence-corrected chi connectivity index (χ2v) is 6.68. The first-order valence-electron chi connectivity index (χ1n) is 8.02. The van der Waals surface area contributed by atoms with Crippen LogP contribution in [0.25, 0.3) is 5.65 Å². The van der Waals surface area contributed by atoms with E-state index in [1.165, 1.54) is 25.7 Å². The number of nitrogens with zero attached hydrogens (tertiary/aromatic N) is 5. The predicted octanol–water partition coefficient (Wildman–Crippen LogP) is 3.30. The maximum atomic E-state index is 12.9. The number of hydrogen-bond donors (Lipinski definition) is 0. The Morgan fingerprint density at radius 2 is 1.65 bits per heavy atom. The minimum Gasteiger partial charge on any atom is -0.355 e. The van der Waals surface area contributed by atoms with Crippen LogP contribution in [0.2, 0.25) is 0 Å². The van der Waals surface area contributed by atoms with Crippen molar-refractivity contribution in [1.82, 2.24) is 19.8 Å². The molecular weight excluding hydrogens is 307 g/mol. The van der Waals surface area contributed by atoms with Gasteiger partial charge in [-0.25, -0.2) is 0 Å². The number of anilines is 1.